The van der Waals surface area contributed by atoms with Crippen molar-refractivity contribution in [1.29, 1.82) is 0 Å². The average Bonchev–Trinajstić information content (AvgIpc) is 2.80. The van der Waals surface area contributed by atoms with Crippen molar-refractivity contribution in [2.75, 3.05) is 0 Å². The molecule has 4 rings (SSSR count). The van der Waals surface area contributed by atoms with Gasteiger partial charge in [0, 0.05) is 27.3 Å². The minimum absolute atomic E-state index is 0.0969. The van der Waals surface area contributed by atoms with Gasteiger partial charge in [-0.05, 0) is 97.1 Å². The summed E-state index contributed by atoms with van der Waals surface area (Å²) in [6.07, 6.45) is 0. The monoisotopic (exact) mass is 428 g/mol. The van der Waals surface area contributed by atoms with Gasteiger partial charge in [0.05, 0.1) is 0 Å². The SMILES string of the molecule is O=C(c1ccc(O)cc1)c1ccc(Oc2ccc(C(=O)c3ccc(Cl)cc3)cc2)cc1. The molecule has 5 heteroatoms. The Morgan fingerprint density at radius 2 is 0.871 bits per heavy atom. The molecule has 4 nitrogen and oxygen atoms in total. The van der Waals surface area contributed by atoms with Crippen LogP contribution in [0.15, 0.2) is 97.1 Å². The van der Waals surface area contributed by atoms with Gasteiger partial charge in [-0.25, -0.2) is 0 Å². The molecular weight excluding hydrogens is 412 g/mol. The van der Waals surface area contributed by atoms with E-state index in [0.717, 1.165) is 0 Å². The molecule has 0 atom stereocenters. The molecule has 4 aromatic rings. The molecule has 152 valence electrons. The lowest BCUT2D eigenvalue weighted by molar-refractivity contribution is 0.103. The van der Waals surface area contributed by atoms with Gasteiger partial charge in [0.25, 0.3) is 0 Å². The van der Waals surface area contributed by atoms with Crippen molar-refractivity contribution in [3.05, 3.63) is 124 Å². The van der Waals surface area contributed by atoms with Crippen molar-refractivity contribution in [2.24, 2.45) is 0 Å². The zero-order valence-electron chi connectivity index (χ0n) is 16.3. The predicted molar refractivity (Wildman–Crippen MR) is 119 cm³/mol. The molecule has 0 saturated carbocycles. The number of benzene rings is 4. The van der Waals surface area contributed by atoms with Crippen LogP contribution in [0, 0.1) is 0 Å². The fourth-order valence-corrected chi connectivity index (χ4v) is 3.16. The van der Waals surface area contributed by atoms with Crippen LogP contribution >= 0.6 is 11.6 Å². The first-order valence-electron chi connectivity index (χ1n) is 9.51. The number of hydrogen-bond donors (Lipinski definition) is 1. The lowest BCUT2D eigenvalue weighted by Crippen LogP contribution is -2.01. The summed E-state index contributed by atoms with van der Waals surface area (Å²) in [6, 6.07) is 26.5. The highest BCUT2D eigenvalue weighted by molar-refractivity contribution is 6.30. The van der Waals surface area contributed by atoms with Gasteiger partial charge in [-0.3, -0.25) is 9.59 Å². The minimum Gasteiger partial charge on any atom is -0.508 e. The summed E-state index contributed by atoms with van der Waals surface area (Å²) >= 11 is 5.87. The van der Waals surface area contributed by atoms with Crippen LogP contribution in [0.2, 0.25) is 5.02 Å². The van der Waals surface area contributed by atoms with Crippen LogP contribution in [0.1, 0.15) is 31.8 Å². The first-order valence-corrected chi connectivity index (χ1v) is 9.89. The van der Waals surface area contributed by atoms with Crippen LogP contribution in [0.4, 0.5) is 0 Å². The number of aromatic hydroxyl groups is 1. The summed E-state index contributed by atoms with van der Waals surface area (Å²) in [4.78, 5) is 25.0. The Labute approximate surface area is 184 Å². The molecule has 1 N–H and O–H groups in total. The molecule has 0 heterocycles. The van der Waals surface area contributed by atoms with E-state index in [1.807, 2.05) is 0 Å². The summed E-state index contributed by atoms with van der Waals surface area (Å²) in [7, 11) is 0. The largest absolute Gasteiger partial charge is 0.508 e. The van der Waals surface area contributed by atoms with Crippen LogP contribution in [0.25, 0.3) is 0 Å². The number of phenols is 1. The topological polar surface area (TPSA) is 63.6 Å². The molecule has 0 aliphatic carbocycles. The van der Waals surface area contributed by atoms with Crippen LogP contribution < -0.4 is 4.74 Å². The molecule has 0 aromatic heterocycles. The van der Waals surface area contributed by atoms with Gasteiger partial charge in [0.2, 0.25) is 0 Å². The van der Waals surface area contributed by atoms with Crippen molar-refractivity contribution < 1.29 is 19.4 Å². The van der Waals surface area contributed by atoms with Crippen LogP contribution in [0.5, 0.6) is 17.2 Å². The van der Waals surface area contributed by atoms with E-state index in [-0.39, 0.29) is 17.3 Å². The number of hydrogen-bond acceptors (Lipinski definition) is 4. The molecule has 0 unspecified atom stereocenters. The quantitative estimate of drug-likeness (QED) is 0.366. The van der Waals surface area contributed by atoms with E-state index in [1.165, 1.54) is 12.1 Å². The van der Waals surface area contributed by atoms with Gasteiger partial charge < -0.3 is 9.84 Å². The number of ether oxygens (including phenoxy) is 1. The Balaban J connectivity index is 1.43. The van der Waals surface area contributed by atoms with Crippen molar-refractivity contribution >= 4 is 23.2 Å². The summed E-state index contributed by atoms with van der Waals surface area (Å²) < 4.78 is 5.82. The Kier molecular flexibility index (Phi) is 5.83. The highest BCUT2D eigenvalue weighted by Gasteiger charge is 2.11. The highest BCUT2D eigenvalue weighted by Crippen LogP contribution is 2.24. The molecule has 31 heavy (non-hydrogen) atoms. The average molecular weight is 429 g/mol. The molecule has 0 amide bonds. The number of carbonyl (C=O) groups excluding carboxylic acids is 2. The first-order chi connectivity index (χ1) is 15.0. The summed E-state index contributed by atoms with van der Waals surface area (Å²) in [5.41, 5.74) is 2.12. The molecule has 0 radical (unpaired) electrons. The minimum atomic E-state index is -0.142. The molecular formula is C26H17ClO4. The zero-order valence-corrected chi connectivity index (χ0v) is 17.0. The Hall–Kier alpha value is -3.89. The van der Waals surface area contributed by atoms with Crippen molar-refractivity contribution in [2.45, 2.75) is 0 Å². The van der Waals surface area contributed by atoms with Crippen molar-refractivity contribution in [3.63, 3.8) is 0 Å². The molecule has 0 aliphatic heterocycles. The third-order valence-electron chi connectivity index (χ3n) is 4.70. The van der Waals surface area contributed by atoms with Gasteiger partial charge in [-0.2, -0.15) is 0 Å². The van der Waals surface area contributed by atoms with Gasteiger partial charge in [0.15, 0.2) is 11.6 Å². The molecule has 0 saturated heterocycles. The second-order valence-electron chi connectivity index (χ2n) is 6.86. The van der Waals surface area contributed by atoms with Gasteiger partial charge in [-0.15, -0.1) is 0 Å². The van der Waals surface area contributed by atoms with Crippen LogP contribution in [-0.2, 0) is 0 Å². The van der Waals surface area contributed by atoms with Crippen molar-refractivity contribution in [3.8, 4) is 17.2 Å². The first kappa shape index (κ1) is 20.4. The maximum absolute atomic E-state index is 12.5. The third kappa shape index (κ3) is 4.82. The number of phenolic OH excluding ortho intramolecular Hbond substituents is 1. The summed E-state index contributed by atoms with van der Waals surface area (Å²) in [5.74, 6) is 1.02. The Morgan fingerprint density at radius 1 is 0.548 bits per heavy atom. The summed E-state index contributed by atoms with van der Waals surface area (Å²) in [6.45, 7) is 0. The van der Waals surface area contributed by atoms with Gasteiger partial charge in [-0.1, -0.05) is 11.6 Å². The normalized spacial score (nSPS) is 10.5. The third-order valence-corrected chi connectivity index (χ3v) is 4.96. The van der Waals surface area contributed by atoms with E-state index in [2.05, 4.69) is 0 Å². The fraction of sp³-hybridized carbons (Fsp3) is 0. The lowest BCUT2D eigenvalue weighted by Gasteiger charge is -2.08. The second-order valence-corrected chi connectivity index (χ2v) is 7.30. The number of carbonyl (C=O) groups is 2. The summed E-state index contributed by atoms with van der Waals surface area (Å²) in [5, 5.41) is 9.93. The van der Waals surface area contributed by atoms with Crippen molar-refractivity contribution in [1.82, 2.24) is 0 Å². The number of halogens is 1. The smallest absolute Gasteiger partial charge is 0.193 e. The molecule has 0 fully saturated rings. The van der Waals surface area contributed by atoms with E-state index >= 15 is 0 Å². The van der Waals surface area contributed by atoms with E-state index in [0.29, 0.717) is 38.8 Å². The van der Waals surface area contributed by atoms with E-state index in [1.54, 1.807) is 84.9 Å². The second kappa shape index (κ2) is 8.86. The van der Waals surface area contributed by atoms with Crippen LogP contribution in [0.3, 0.4) is 0 Å². The van der Waals surface area contributed by atoms with E-state index in [4.69, 9.17) is 16.3 Å². The number of rotatable bonds is 6. The zero-order chi connectivity index (χ0) is 21.8. The van der Waals surface area contributed by atoms with E-state index < -0.39 is 0 Å². The van der Waals surface area contributed by atoms with E-state index in [9.17, 15) is 14.7 Å². The molecule has 0 aliphatic rings. The fourth-order valence-electron chi connectivity index (χ4n) is 3.03. The highest BCUT2D eigenvalue weighted by atomic mass is 35.5. The lowest BCUT2D eigenvalue weighted by atomic mass is 10.0. The van der Waals surface area contributed by atoms with Gasteiger partial charge >= 0.3 is 0 Å². The standard InChI is InChI=1S/C26H17ClO4/c27-21-9-1-17(2-10-21)25(29)19-5-13-23(14-6-19)31-24-15-7-20(8-16-24)26(30)18-3-11-22(28)12-4-18/h1-16,28H. The predicted octanol–water partition coefficient (Wildman–Crippen LogP) is 6.30. The van der Waals surface area contributed by atoms with Crippen LogP contribution in [-0.4, -0.2) is 16.7 Å². The van der Waals surface area contributed by atoms with Gasteiger partial charge in [0.1, 0.15) is 17.2 Å². The maximum atomic E-state index is 12.5. The molecule has 0 bridgehead atoms. The number of ketones is 2. The Bertz CT molecular complexity index is 1110. The maximum Gasteiger partial charge on any atom is 0.193 e. The molecule has 0 spiro atoms. The Morgan fingerprint density at radius 3 is 1.26 bits per heavy atom. The molecule has 4 aromatic carbocycles.